The fourth-order valence-electron chi connectivity index (χ4n) is 0.462. The zero-order valence-electron chi connectivity index (χ0n) is 4.84. The summed E-state index contributed by atoms with van der Waals surface area (Å²) in [7, 11) is 0. The van der Waals surface area contributed by atoms with Crippen LogP contribution in [0, 0.1) is 17.7 Å². The first-order chi connectivity index (χ1) is 5.04. The molecular weight excluding hydrogens is 202 g/mol. The lowest BCUT2D eigenvalue weighted by Gasteiger charge is -1.97. The first kappa shape index (κ1) is 8.62. The first-order valence-electron chi connectivity index (χ1n) is 2.39. The molecule has 1 aromatic heterocycles. The number of hydrogen-bond donors (Lipinski definition) is 0. The number of rotatable bonds is 0. The molecule has 1 rings (SSSR count). The van der Waals surface area contributed by atoms with Gasteiger partial charge < -0.3 is 0 Å². The van der Waals surface area contributed by atoms with E-state index in [9.17, 15) is 13.2 Å². The van der Waals surface area contributed by atoms with Crippen molar-refractivity contribution in [1.82, 2.24) is 4.98 Å². The molecule has 0 aliphatic heterocycles. The van der Waals surface area contributed by atoms with Gasteiger partial charge in [0.15, 0.2) is 5.82 Å². The van der Waals surface area contributed by atoms with Crippen molar-refractivity contribution in [2.24, 2.45) is 0 Å². The Kier molecular flexibility index (Phi) is 2.25. The third kappa shape index (κ3) is 1.41. The zero-order chi connectivity index (χ0) is 8.59. The van der Waals surface area contributed by atoms with Crippen molar-refractivity contribution in [2.75, 3.05) is 0 Å². The molecule has 60 valence electrons. The van der Waals surface area contributed by atoms with Crippen molar-refractivity contribution < 1.29 is 13.2 Å². The van der Waals surface area contributed by atoms with Crippen molar-refractivity contribution in [3.05, 3.63) is 27.8 Å². The van der Waals surface area contributed by atoms with Gasteiger partial charge in [0.25, 0.3) is 0 Å². The van der Waals surface area contributed by atoms with Crippen LogP contribution in [0.4, 0.5) is 13.2 Å². The maximum Gasteiger partial charge on any atom is 0.237 e. The van der Waals surface area contributed by atoms with Crippen LogP contribution in [0.1, 0.15) is 0 Å². The Balaban J connectivity index is 3.46. The topological polar surface area (TPSA) is 12.9 Å². The van der Waals surface area contributed by atoms with Crippen LogP contribution in [0.15, 0.2) is 0 Å². The molecule has 0 atom stereocenters. The maximum absolute atomic E-state index is 12.5. The molecule has 0 N–H and O–H groups in total. The summed E-state index contributed by atoms with van der Waals surface area (Å²) in [5.41, 5.74) is 0. The van der Waals surface area contributed by atoms with Gasteiger partial charge in [-0.05, 0) is 0 Å². The van der Waals surface area contributed by atoms with Gasteiger partial charge >= 0.3 is 0 Å². The summed E-state index contributed by atoms with van der Waals surface area (Å²) in [6.07, 6.45) is 0. The smallest absolute Gasteiger partial charge is 0.203 e. The fraction of sp³-hybridized carbons (Fsp3) is 0. The monoisotopic (exact) mass is 201 g/mol. The van der Waals surface area contributed by atoms with Gasteiger partial charge in [0.2, 0.25) is 11.9 Å². The number of aromatic nitrogens is 1. The molecule has 0 amide bonds. The second-order valence-electron chi connectivity index (χ2n) is 1.64. The molecule has 0 aromatic carbocycles. The van der Waals surface area contributed by atoms with Gasteiger partial charge in [0, 0.05) is 0 Å². The van der Waals surface area contributed by atoms with E-state index in [0.29, 0.717) is 0 Å². The van der Waals surface area contributed by atoms with Crippen LogP contribution in [0.5, 0.6) is 0 Å². The predicted octanol–water partition coefficient (Wildman–Crippen LogP) is 2.81. The highest BCUT2D eigenvalue weighted by atomic mass is 35.5. The maximum atomic E-state index is 12.5. The number of halogens is 5. The molecule has 1 heterocycles. The number of pyridine rings is 1. The van der Waals surface area contributed by atoms with Crippen LogP contribution >= 0.6 is 23.2 Å². The largest absolute Gasteiger partial charge is 0.237 e. The van der Waals surface area contributed by atoms with E-state index in [0.717, 1.165) is 0 Å². The Morgan fingerprint density at radius 1 is 0.909 bits per heavy atom. The van der Waals surface area contributed by atoms with E-state index in [1.807, 2.05) is 0 Å². The Labute approximate surface area is 69.8 Å². The molecular formula is C5Cl2F3N. The first-order valence-corrected chi connectivity index (χ1v) is 3.15. The van der Waals surface area contributed by atoms with E-state index in [2.05, 4.69) is 4.98 Å². The summed E-state index contributed by atoms with van der Waals surface area (Å²) in [6, 6.07) is 0. The van der Waals surface area contributed by atoms with Gasteiger partial charge in [-0.3, -0.25) is 0 Å². The molecule has 0 aliphatic rings. The average molecular weight is 202 g/mol. The summed E-state index contributed by atoms with van der Waals surface area (Å²) in [6.45, 7) is 0. The lowest BCUT2D eigenvalue weighted by atomic mass is 10.4. The van der Waals surface area contributed by atoms with Gasteiger partial charge in [0.1, 0.15) is 10.0 Å². The van der Waals surface area contributed by atoms with E-state index in [1.54, 1.807) is 0 Å². The Morgan fingerprint density at radius 2 is 1.27 bits per heavy atom. The standard InChI is InChI=1S/C5Cl2F3N/c6-1-3(8)2(7)5(10)11-4(1)9. The Bertz CT molecular complexity index is 276. The second kappa shape index (κ2) is 2.87. The summed E-state index contributed by atoms with van der Waals surface area (Å²) in [5, 5.41) is -1.81. The average Bonchev–Trinajstić information content (AvgIpc) is 1.97. The lowest BCUT2D eigenvalue weighted by Crippen LogP contribution is -1.95. The van der Waals surface area contributed by atoms with Crippen LogP contribution < -0.4 is 0 Å². The van der Waals surface area contributed by atoms with Crippen LogP contribution in [0.3, 0.4) is 0 Å². The summed E-state index contributed by atoms with van der Waals surface area (Å²) in [5.74, 6) is -4.16. The molecule has 0 fully saturated rings. The summed E-state index contributed by atoms with van der Waals surface area (Å²) >= 11 is 9.98. The molecule has 0 saturated heterocycles. The third-order valence-corrected chi connectivity index (χ3v) is 1.59. The third-order valence-electron chi connectivity index (χ3n) is 0.944. The second-order valence-corrected chi connectivity index (χ2v) is 2.39. The van der Waals surface area contributed by atoms with Crippen LogP contribution in [-0.4, -0.2) is 4.98 Å². The molecule has 6 heteroatoms. The Hall–Kier alpha value is -0.480. The molecule has 1 aromatic rings. The molecule has 0 spiro atoms. The Morgan fingerprint density at radius 3 is 1.64 bits per heavy atom. The highest BCUT2D eigenvalue weighted by Crippen LogP contribution is 2.25. The van der Waals surface area contributed by atoms with Gasteiger partial charge in [-0.15, -0.1) is 0 Å². The SMILES string of the molecule is Fc1nc(F)c(Cl)c(F)c1Cl. The van der Waals surface area contributed by atoms with Crippen molar-refractivity contribution in [1.29, 1.82) is 0 Å². The van der Waals surface area contributed by atoms with Gasteiger partial charge in [0.05, 0.1) is 0 Å². The van der Waals surface area contributed by atoms with Crippen molar-refractivity contribution in [3.63, 3.8) is 0 Å². The van der Waals surface area contributed by atoms with Gasteiger partial charge in [-0.2, -0.15) is 13.8 Å². The van der Waals surface area contributed by atoms with Gasteiger partial charge in [-0.1, -0.05) is 23.2 Å². The fourth-order valence-corrected chi connectivity index (χ4v) is 0.784. The molecule has 0 unspecified atom stereocenters. The minimum atomic E-state index is -1.41. The molecule has 0 saturated carbocycles. The predicted molar refractivity (Wildman–Crippen MR) is 34.1 cm³/mol. The van der Waals surface area contributed by atoms with Crippen molar-refractivity contribution in [3.8, 4) is 0 Å². The quantitative estimate of drug-likeness (QED) is 0.589. The highest BCUT2D eigenvalue weighted by molar-refractivity contribution is 6.34. The van der Waals surface area contributed by atoms with Crippen LogP contribution in [0.25, 0.3) is 0 Å². The van der Waals surface area contributed by atoms with Crippen molar-refractivity contribution >= 4 is 23.2 Å². The molecule has 11 heavy (non-hydrogen) atoms. The molecule has 0 bridgehead atoms. The van der Waals surface area contributed by atoms with E-state index in [4.69, 9.17) is 23.2 Å². The van der Waals surface area contributed by atoms with E-state index < -0.39 is 27.8 Å². The minimum absolute atomic E-state index is 0.906. The summed E-state index contributed by atoms with van der Waals surface area (Å²) in [4.78, 5) is 2.60. The molecule has 0 aliphatic carbocycles. The van der Waals surface area contributed by atoms with Gasteiger partial charge in [-0.25, -0.2) is 4.39 Å². The normalized spacial score (nSPS) is 10.3. The highest BCUT2D eigenvalue weighted by Gasteiger charge is 2.16. The van der Waals surface area contributed by atoms with E-state index >= 15 is 0 Å². The minimum Gasteiger partial charge on any atom is -0.203 e. The number of nitrogens with zero attached hydrogens (tertiary/aromatic N) is 1. The number of hydrogen-bond acceptors (Lipinski definition) is 1. The van der Waals surface area contributed by atoms with Crippen LogP contribution in [-0.2, 0) is 0 Å². The summed E-state index contributed by atoms with van der Waals surface area (Å²) < 4.78 is 36.9. The molecule has 1 nitrogen and oxygen atoms in total. The lowest BCUT2D eigenvalue weighted by molar-refractivity contribution is 0.488. The van der Waals surface area contributed by atoms with E-state index in [-0.39, 0.29) is 0 Å². The van der Waals surface area contributed by atoms with Crippen LogP contribution in [0.2, 0.25) is 10.0 Å². The van der Waals surface area contributed by atoms with Crippen molar-refractivity contribution in [2.45, 2.75) is 0 Å². The zero-order valence-corrected chi connectivity index (χ0v) is 6.35. The van der Waals surface area contributed by atoms with E-state index in [1.165, 1.54) is 0 Å². The molecule has 0 radical (unpaired) electrons.